The lowest BCUT2D eigenvalue weighted by Crippen LogP contribution is -2.25. The summed E-state index contributed by atoms with van der Waals surface area (Å²) in [6.07, 6.45) is 7.88. The molecule has 2 rings (SSSR count). The van der Waals surface area contributed by atoms with E-state index in [1.54, 1.807) is 6.20 Å². The molecule has 2 aromatic rings. The molecular formula is C11H17N5O2S. The highest BCUT2D eigenvalue weighted by atomic mass is 32.2. The second kappa shape index (κ2) is 5.98. The number of hydrogen-bond acceptors (Lipinski definition) is 4. The number of H-pyrrole nitrogens is 1. The van der Waals surface area contributed by atoms with Crippen LogP contribution in [0.2, 0.25) is 0 Å². The average Bonchev–Trinajstić information content (AvgIpc) is 3.05. The van der Waals surface area contributed by atoms with Gasteiger partial charge >= 0.3 is 0 Å². The maximum Gasteiger partial charge on any atom is 0.243 e. The predicted octanol–water partition coefficient (Wildman–Crippen LogP) is 0.537. The SMILES string of the molecule is CCc1nccn1CCCNS(=O)(=O)c1cn[nH]c1. The Morgan fingerprint density at radius 2 is 2.32 bits per heavy atom. The van der Waals surface area contributed by atoms with Crippen LogP contribution in [0.5, 0.6) is 0 Å². The molecule has 2 heterocycles. The highest BCUT2D eigenvalue weighted by molar-refractivity contribution is 7.89. The van der Waals surface area contributed by atoms with Crippen molar-refractivity contribution in [2.75, 3.05) is 6.54 Å². The Kier molecular flexibility index (Phi) is 4.33. The van der Waals surface area contributed by atoms with Crippen LogP contribution in [0.4, 0.5) is 0 Å². The molecule has 0 spiro atoms. The van der Waals surface area contributed by atoms with Crippen molar-refractivity contribution in [1.29, 1.82) is 0 Å². The van der Waals surface area contributed by atoms with Gasteiger partial charge in [0.15, 0.2) is 0 Å². The zero-order chi connectivity index (χ0) is 13.7. The van der Waals surface area contributed by atoms with Gasteiger partial charge in [0.1, 0.15) is 10.7 Å². The number of sulfonamides is 1. The van der Waals surface area contributed by atoms with E-state index >= 15 is 0 Å². The second-order valence-electron chi connectivity index (χ2n) is 4.08. The van der Waals surface area contributed by atoms with E-state index in [1.165, 1.54) is 12.4 Å². The molecule has 0 aliphatic carbocycles. The molecule has 0 aliphatic rings. The third-order valence-corrected chi connectivity index (χ3v) is 4.20. The number of nitrogens with zero attached hydrogens (tertiary/aromatic N) is 3. The van der Waals surface area contributed by atoms with Crippen molar-refractivity contribution in [3.8, 4) is 0 Å². The molecule has 0 unspecified atom stereocenters. The van der Waals surface area contributed by atoms with Crippen LogP contribution >= 0.6 is 0 Å². The van der Waals surface area contributed by atoms with Gasteiger partial charge in [-0.2, -0.15) is 5.10 Å². The highest BCUT2D eigenvalue weighted by Crippen LogP contribution is 2.04. The molecule has 0 saturated carbocycles. The molecule has 104 valence electrons. The van der Waals surface area contributed by atoms with Crippen molar-refractivity contribution in [2.45, 2.75) is 31.2 Å². The Morgan fingerprint density at radius 1 is 1.47 bits per heavy atom. The van der Waals surface area contributed by atoms with E-state index in [-0.39, 0.29) is 4.90 Å². The van der Waals surface area contributed by atoms with Gasteiger partial charge in [0.2, 0.25) is 10.0 Å². The molecule has 0 aromatic carbocycles. The summed E-state index contributed by atoms with van der Waals surface area (Å²) in [5.74, 6) is 1.01. The molecule has 0 bridgehead atoms. The minimum absolute atomic E-state index is 0.157. The Hall–Kier alpha value is -1.67. The van der Waals surface area contributed by atoms with E-state index in [1.807, 2.05) is 17.7 Å². The highest BCUT2D eigenvalue weighted by Gasteiger charge is 2.13. The molecule has 7 nitrogen and oxygen atoms in total. The van der Waals surface area contributed by atoms with Crippen LogP contribution in [-0.2, 0) is 23.0 Å². The van der Waals surface area contributed by atoms with Gasteiger partial charge in [-0.3, -0.25) is 5.10 Å². The third-order valence-electron chi connectivity index (χ3n) is 2.77. The Bertz CT molecular complexity index is 603. The summed E-state index contributed by atoms with van der Waals surface area (Å²) in [5.41, 5.74) is 0. The van der Waals surface area contributed by atoms with Crippen molar-refractivity contribution in [3.05, 3.63) is 30.6 Å². The summed E-state index contributed by atoms with van der Waals surface area (Å²) in [7, 11) is -3.44. The maximum atomic E-state index is 11.8. The van der Waals surface area contributed by atoms with E-state index in [4.69, 9.17) is 0 Å². The molecule has 0 amide bonds. The zero-order valence-corrected chi connectivity index (χ0v) is 11.5. The quantitative estimate of drug-likeness (QED) is 0.725. The Balaban J connectivity index is 1.82. The first-order valence-corrected chi connectivity index (χ1v) is 7.60. The molecule has 8 heteroatoms. The van der Waals surface area contributed by atoms with E-state index < -0.39 is 10.0 Å². The van der Waals surface area contributed by atoms with Crippen molar-refractivity contribution >= 4 is 10.0 Å². The fourth-order valence-electron chi connectivity index (χ4n) is 1.78. The summed E-state index contributed by atoms with van der Waals surface area (Å²) >= 11 is 0. The predicted molar refractivity (Wildman–Crippen MR) is 70.0 cm³/mol. The average molecular weight is 283 g/mol. The van der Waals surface area contributed by atoms with Crippen molar-refractivity contribution in [3.63, 3.8) is 0 Å². The number of aromatic nitrogens is 4. The van der Waals surface area contributed by atoms with E-state index in [0.717, 1.165) is 18.8 Å². The molecule has 2 N–H and O–H groups in total. The molecule has 0 aliphatic heterocycles. The minimum Gasteiger partial charge on any atom is -0.335 e. The first kappa shape index (κ1) is 13.8. The largest absolute Gasteiger partial charge is 0.335 e. The van der Waals surface area contributed by atoms with Crippen LogP contribution in [0.3, 0.4) is 0 Å². The second-order valence-corrected chi connectivity index (χ2v) is 5.84. The normalized spacial score (nSPS) is 11.8. The van der Waals surface area contributed by atoms with Gasteiger partial charge in [-0.15, -0.1) is 0 Å². The molecule has 0 radical (unpaired) electrons. The third kappa shape index (κ3) is 3.42. The zero-order valence-electron chi connectivity index (χ0n) is 10.7. The Morgan fingerprint density at radius 3 is 3.00 bits per heavy atom. The standard InChI is InChI=1S/C11H17N5O2S/c1-2-11-12-5-7-16(11)6-3-4-15-19(17,18)10-8-13-14-9-10/h5,7-9,15H,2-4,6H2,1H3,(H,13,14). The first-order chi connectivity index (χ1) is 9.13. The Labute approximate surface area is 112 Å². The van der Waals surface area contributed by atoms with Gasteiger partial charge in [0.25, 0.3) is 0 Å². The molecule has 0 fully saturated rings. The van der Waals surface area contributed by atoms with Gasteiger partial charge in [-0.1, -0.05) is 6.92 Å². The van der Waals surface area contributed by atoms with Crippen molar-refractivity contribution in [1.82, 2.24) is 24.5 Å². The van der Waals surface area contributed by atoms with Crippen LogP contribution in [0.25, 0.3) is 0 Å². The molecular weight excluding hydrogens is 266 g/mol. The molecule has 19 heavy (non-hydrogen) atoms. The van der Waals surface area contributed by atoms with Crippen LogP contribution in [-0.4, -0.2) is 34.7 Å². The molecule has 0 saturated heterocycles. The van der Waals surface area contributed by atoms with Crippen LogP contribution in [0.15, 0.2) is 29.7 Å². The lowest BCUT2D eigenvalue weighted by molar-refractivity contribution is 0.565. The summed E-state index contributed by atoms with van der Waals surface area (Å²) in [5, 5.41) is 6.11. The van der Waals surface area contributed by atoms with Gasteiger partial charge in [-0.05, 0) is 6.42 Å². The number of aromatic amines is 1. The van der Waals surface area contributed by atoms with E-state index in [2.05, 4.69) is 19.9 Å². The van der Waals surface area contributed by atoms with Crippen molar-refractivity contribution < 1.29 is 8.42 Å². The number of nitrogens with one attached hydrogen (secondary N) is 2. The molecule has 2 aromatic heterocycles. The van der Waals surface area contributed by atoms with Gasteiger partial charge in [0, 0.05) is 38.1 Å². The summed E-state index contributed by atoms with van der Waals surface area (Å²) < 4.78 is 28.1. The lowest BCUT2D eigenvalue weighted by atomic mass is 10.4. The number of rotatable bonds is 7. The van der Waals surface area contributed by atoms with Crippen LogP contribution in [0.1, 0.15) is 19.2 Å². The summed E-state index contributed by atoms with van der Waals surface area (Å²) in [6.45, 7) is 3.17. The number of imidazole rings is 1. The smallest absolute Gasteiger partial charge is 0.243 e. The van der Waals surface area contributed by atoms with Gasteiger partial charge in [-0.25, -0.2) is 18.1 Å². The fourth-order valence-corrected chi connectivity index (χ4v) is 2.76. The summed E-state index contributed by atoms with van der Waals surface area (Å²) in [6, 6.07) is 0. The van der Waals surface area contributed by atoms with Gasteiger partial charge < -0.3 is 4.57 Å². The fraction of sp³-hybridized carbons (Fsp3) is 0.455. The number of hydrogen-bond donors (Lipinski definition) is 2. The van der Waals surface area contributed by atoms with Crippen LogP contribution in [0, 0.1) is 0 Å². The minimum atomic E-state index is -3.44. The van der Waals surface area contributed by atoms with Crippen molar-refractivity contribution in [2.24, 2.45) is 0 Å². The van der Waals surface area contributed by atoms with E-state index in [0.29, 0.717) is 13.0 Å². The molecule has 0 atom stereocenters. The van der Waals surface area contributed by atoms with E-state index in [9.17, 15) is 8.42 Å². The monoisotopic (exact) mass is 283 g/mol. The first-order valence-electron chi connectivity index (χ1n) is 6.12. The summed E-state index contributed by atoms with van der Waals surface area (Å²) in [4.78, 5) is 4.37. The topological polar surface area (TPSA) is 92.7 Å². The maximum absolute atomic E-state index is 11.8. The number of aryl methyl sites for hydroxylation is 2. The lowest BCUT2D eigenvalue weighted by Gasteiger charge is -2.07. The van der Waals surface area contributed by atoms with Crippen LogP contribution < -0.4 is 4.72 Å². The van der Waals surface area contributed by atoms with Gasteiger partial charge in [0.05, 0.1) is 6.20 Å².